The zero-order chi connectivity index (χ0) is 17.9. The Hall–Kier alpha value is -2.15. The summed E-state index contributed by atoms with van der Waals surface area (Å²) in [4.78, 5) is 12.0. The fourth-order valence-electron chi connectivity index (χ4n) is 2.05. The van der Waals surface area contributed by atoms with Gasteiger partial charge in [0.1, 0.15) is 0 Å². The van der Waals surface area contributed by atoms with Crippen LogP contribution < -0.4 is 10.5 Å². The van der Waals surface area contributed by atoms with E-state index in [2.05, 4.69) is 5.32 Å². The van der Waals surface area contributed by atoms with E-state index in [1.54, 1.807) is 31.2 Å². The molecule has 24 heavy (non-hydrogen) atoms. The quantitative estimate of drug-likeness (QED) is 0.816. The molecule has 0 atom stereocenters. The average Bonchev–Trinajstić information content (AvgIpc) is 2.49. The molecular formula is C17H17ClN2O3S. The highest BCUT2D eigenvalue weighted by Gasteiger charge is 2.12. The zero-order valence-corrected chi connectivity index (χ0v) is 14.8. The standard InChI is InChI=1S/C17H17ClN2O3S/c1-11-3-5-13(9-15(11)18)6-8-17(21)20-14-7-4-12(2)16(10-14)24(19,22)23/h3-10H,1-2H3,(H,20,21)(H2,19,22,23). The summed E-state index contributed by atoms with van der Waals surface area (Å²) in [6.45, 7) is 3.52. The number of sulfonamides is 1. The van der Waals surface area contributed by atoms with Crippen molar-refractivity contribution < 1.29 is 13.2 Å². The molecule has 0 aliphatic rings. The molecule has 0 aliphatic heterocycles. The molecule has 0 saturated carbocycles. The molecule has 2 aromatic carbocycles. The van der Waals surface area contributed by atoms with Gasteiger partial charge >= 0.3 is 0 Å². The number of hydrogen-bond donors (Lipinski definition) is 2. The van der Waals surface area contributed by atoms with Crippen LogP contribution >= 0.6 is 11.6 Å². The summed E-state index contributed by atoms with van der Waals surface area (Å²) >= 11 is 6.03. The van der Waals surface area contributed by atoms with Gasteiger partial charge in [0.2, 0.25) is 15.9 Å². The first kappa shape index (κ1) is 18.2. The van der Waals surface area contributed by atoms with Gasteiger partial charge < -0.3 is 5.32 Å². The highest BCUT2D eigenvalue weighted by atomic mass is 35.5. The highest BCUT2D eigenvalue weighted by Crippen LogP contribution is 2.20. The van der Waals surface area contributed by atoms with Gasteiger partial charge in [-0.15, -0.1) is 0 Å². The average molecular weight is 365 g/mol. The van der Waals surface area contributed by atoms with Crippen LogP contribution in [0.1, 0.15) is 16.7 Å². The normalized spacial score (nSPS) is 11.7. The lowest BCUT2D eigenvalue weighted by Crippen LogP contribution is -2.15. The summed E-state index contributed by atoms with van der Waals surface area (Å²) in [5.74, 6) is -0.393. The lowest BCUT2D eigenvalue weighted by molar-refractivity contribution is -0.111. The van der Waals surface area contributed by atoms with E-state index in [9.17, 15) is 13.2 Å². The minimum Gasteiger partial charge on any atom is -0.322 e. The summed E-state index contributed by atoms with van der Waals surface area (Å²) in [7, 11) is -3.84. The van der Waals surface area contributed by atoms with Gasteiger partial charge in [-0.05, 0) is 54.8 Å². The van der Waals surface area contributed by atoms with Crippen molar-refractivity contribution in [3.05, 3.63) is 64.2 Å². The second-order valence-corrected chi connectivity index (χ2v) is 7.29. The second kappa shape index (κ2) is 7.17. The number of benzene rings is 2. The summed E-state index contributed by atoms with van der Waals surface area (Å²) in [5, 5.41) is 8.37. The Labute approximate surface area is 146 Å². The number of carbonyl (C=O) groups is 1. The number of aryl methyl sites for hydroxylation is 2. The predicted octanol–water partition coefficient (Wildman–Crippen LogP) is 3.26. The SMILES string of the molecule is Cc1ccc(C=CC(=O)Nc2ccc(C)c(S(N)(=O)=O)c2)cc1Cl. The van der Waals surface area contributed by atoms with Crippen molar-refractivity contribution in [2.75, 3.05) is 5.32 Å². The molecule has 0 fully saturated rings. The van der Waals surface area contributed by atoms with Crippen molar-refractivity contribution in [2.24, 2.45) is 5.14 Å². The van der Waals surface area contributed by atoms with Crippen molar-refractivity contribution in [3.63, 3.8) is 0 Å². The second-order valence-electron chi connectivity index (χ2n) is 5.36. The van der Waals surface area contributed by atoms with Crippen LogP contribution in [0.4, 0.5) is 5.69 Å². The van der Waals surface area contributed by atoms with Crippen molar-refractivity contribution >= 4 is 39.3 Å². The first-order chi connectivity index (χ1) is 11.2. The lowest BCUT2D eigenvalue weighted by Gasteiger charge is -2.07. The molecule has 2 rings (SSSR count). The molecule has 1 amide bonds. The van der Waals surface area contributed by atoms with Crippen LogP contribution in [-0.2, 0) is 14.8 Å². The third-order valence-electron chi connectivity index (χ3n) is 3.39. The van der Waals surface area contributed by atoms with E-state index in [1.165, 1.54) is 12.1 Å². The van der Waals surface area contributed by atoms with E-state index in [0.29, 0.717) is 16.3 Å². The fraction of sp³-hybridized carbons (Fsp3) is 0.118. The van der Waals surface area contributed by atoms with Gasteiger partial charge in [0, 0.05) is 16.8 Å². The van der Waals surface area contributed by atoms with Gasteiger partial charge in [0.25, 0.3) is 0 Å². The van der Waals surface area contributed by atoms with E-state index in [0.717, 1.165) is 11.1 Å². The van der Waals surface area contributed by atoms with E-state index in [4.69, 9.17) is 16.7 Å². The van der Waals surface area contributed by atoms with Gasteiger partial charge in [-0.2, -0.15) is 0 Å². The van der Waals surface area contributed by atoms with Crippen molar-refractivity contribution in [1.82, 2.24) is 0 Å². The molecule has 3 N–H and O–H groups in total. The number of carbonyl (C=O) groups excluding carboxylic acids is 1. The molecule has 0 aliphatic carbocycles. The maximum absolute atomic E-state index is 12.0. The first-order valence-electron chi connectivity index (χ1n) is 7.05. The summed E-state index contributed by atoms with van der Waals surface area (Å²) in [6, 6.07) is 9.98. The van der Waals surface area contributed by atoms with E-state index < -0.39 is 15.9 Å². The molecule has 0 aromatic heterocycles. The van der Waals surface area contributed by atoms with Crippen LogP contribution in [0.5, 0.6) is 0 Å². The Morgan fingerprint density at radius 3 is 2.42 bits per heavy atom. The topological polar surface area (TPSA) is 89.3 Å². The first-order valence-corrected chi connectivity index (χ1v) is 8.98. The maximum atomic E-state index is 12.0. The number of nitrogens with one attached hydrogen (secondary N) is 1. The number of halogens is 1. The van der Waals surface area contributed by atoms with Crippen molar-refractivity contribution in [2.45, 2.75) is 18.7 Å². The Balaban J connectivity index is 2.15. The van der Waals surface area contributed by atoms with Crippen LogP contribution in [0, 0.1) is 13.8 Å². The Kier molecular flexibility index (Phi) is 5.43. The van der Waals surface area contributed by atoms with Crippen LogP contribution in [-0.4, -0.2) is 14.3 Å². The minimum atomic E-state index is -3.84. The number of hydrogen-bond acceptors (Lipinski definition) is 3. The molecule has 7 heteroatoms. The van der Waals surface area contributed by atoms with Crippen molar-refractivity contribution in [3.8, 4) is 0 Å². The third kappa shape index (κ3) is 4.67. The molecule has 2 aromatic rings. The molecule has 0 unspecified atom stereocenters. The summed E-state index contributed by atoms with van der Waals surface area (Å²) < 4.78 is 23.0. The zero-order valence-electron chi connectivity index (χ0n) is 13.2. The smallest absolute Gasteiger partial charge is 0.248 e. The predicted molar refractivity (Wildman–Crippen MR) is 96.4 cm³/mol. The maximum Gasteiger partial charge on any atom is 0.248 e. The molecule has 0 heterocycles. The Morgan fingerprint density at radius 1 is 1.12 bits per heavy atom. The van der Waals surface area contributed by atoms with Gasteiger partial charge in [-0.25, -0.2) is 13.6 Å². The minimum absolute atomic E-state index is 0.0189. The molecule has 5 nitrogen and oxygen atoms in total. The van der Waals surface area contributed by atoms with Gasteiger partial charge in [-0.3, -0.25) is 4.79 Å². The molecule has 0 spiro atoms. The number of nitrogens with two attached hydrogens (primary N) is 1. The van der Waals surface area contributed by atoms with E-state index in [1.807, 2.05) is 19.1 Å². The van der Waals surface area contributed by atoms with Crippen LogP contribution in [0.3, 0.4) is 0 Å². The molecule has 0 saturated heterocycles. The van der Waals surface area contributed by atoms with E-state index in [-0.39, 0.29) is 4.90 Å². The van der Waals surface area contributed by atoms with Gasteiger partial charge in [0.15, 0.2) is 0 Å². The summed E-state index contributed by atoms with van der Waals surface area (Å²) in [5.41, 5.74) is 2.60. The third-order valence-corrected chi connectivity index (χ3v) is 4.85. The highest BCUT2D eigenvalue weighted by molar-refractivity contribution is 7.89. The molecule has 0 bridgehead atoms. The van der Waals surface area contributed by atoms with Gasteiger partial charge in [-0.1, -0.05) is 29.8 Å². The largest absolute Gasteiger partial charge is 0.322 e. The van der Waals surface area contributed by atoms with Gasteiger partial charge in [0.05, 0.1) is 4.90 Å². The summed E-state index contributed by atoms with van der Waals surface area (Å²) in [6.07, 6.45) is 2.97. The molecular weight excluding hydrogens is 348 g/mol. The number of anilines is 1. The van der Waals surface area contributed by atoms with Crippen LogP contribution in [0.25, 0.3) is 6.08 Å². The molecule has 0 radical (unpaired) electrons. The number of amides is 1. The fourth-order valence-corrected chi connectivity index (χ4v) is 3.05. The monoisotopic (exact) mass is 364 g/mol. The molecule has 126 valence electrons. The number of rotatable bonds is 4. The lowest BCUT2D eigenvalue weighted by atomic mass is 10.1. The van der Waals surface area contributed by atoms with Crippen LogP contribution in [0.2, 0.25) is 5.02 Å². The van der Waals surface area contributed by atoms with E-state index >= 15 is 0 Å². The Morgan fingerprint density at radius 2 is 1.79 bits per heavy atom. The Bertz CT molecular complexity index is 921. The van der Waals surface area contributed by atoms with Crippen LogP contribution in [0.15, 0.2) is 47.4 Å². The number of primary sulfonamides is 1. The van der Waals surface area contributed by atoms with Crippen molar-refractivity contribution in [1.29, 1.82) is 0 Å².